The Kier molecular flexibility index (Phi) is 5.32. The Morgan fingerprint density at radius 1 is 1.11 bits per heavy atom. The van der Waals surface area contributed by atoms with Gasteiger partial charge in [0.25, 0.3) is 0 Å². The summed E-state index contributed by atoms with van der Waals surface area (Å²) in [5, 5.41) is 12.6. The molecule has 1 heterocycles. The molecule has 0 radical (unpaired) electrons. The van der Waals surface area contributed by atoms with Crippen LogP contribution in [0.3, 0.4) is 0 Å². The number of fused-ring (bicyclic) bond motifs is 1. The van der Waals surface area contributed by atoms with Gasteiger partial charge in [-0.3, -0.25) is 0 Å². The monoisotopic (exact) mass is 399 g/mol. The van der Waals surface area contributed by atoms with Crippen molar-refractivity contribution in [3.8, 4) is 0 Å². The number of H-pyrrole nitrogens is 1. The van der Waals surface area contributed by atoms with Gasteiger partial charge in [0.15, 0.2) is 0 Å². The molecule has 0 fully saturated rings. The fourth-order valence-corrected chi connectivity index (χ4v) is 5.32. The maximum Gasteiger partial charge on any atom is 0.241 e. The highest BCUT2D eigenvalue weighted by Crippen LogP contribution is 2.26. The third-order valence-corrected chi connectivity index (χ3v) is 6.99. The molecule has 0 amide bonds. The molecule has 0 aliphatic carbocycles. The van der Waals surface area contributed by atoms with Crippen LogP contribution < -0.4 is 9.83 Å². The molecule has 1 aromatic heterocycles. The summed E-state index contributed by atoms with van der Waals surface area (Å²) in [7, 11) is -4.05. The number of para-hydroxylation sites is 1. The lowest BCUT2D eigenvalue weighted by Crippen LogP contribution is -2.49. The number of aromatic amines is 1. The van der Waals surface area contributed by atoms with Crippen LogP contribution in [0.2, 0.25) is 0 Å². The molecular weight excluding hydrogens is 376 g/mol. The normalized spacial score (nSPS) is 13.0. The fraction of sp³-hybridized carbons (Fsp3) is 0.286. The quantitative estimate of drug-likeness (QED) is 0.662. The summed E-state index contributed by atoms with van der Waals surface area (Å²) in [6.45, 7) is 7.12. The first-order valence-corrected chi connectivity index (χ1v) is 10.5. The smallest absolute Gasteiger partial charge is 0.241 e. The van der Waals surface area contributed by atoms with Crippen molar-refractivity contribution in [3.05, 3.63) is 64.3 Å². The highest BCUT2D eigenvalue weighted by atomic mass is 32.2. The number of nitrogens with one attached hydrogen (secondary N) is 2. The third-order valence-electron chi connectivity index (χ3n) is 5.25. The van der Waals surface area contributed by atoms with Crippen molar-refractivity contribution in [2.24, 2.45) is 0 Å². The number of benzene rings is 2. The summed E-state index contributed by atoms with van der Waals surface area (Å²) in [4.78, 5) is 14.9. The number of carbonyl (C=O) groups is 1. The Bertz CT molecular complexity index is 1140. The number of aliphatic carboxylic acids is 1. The summed E-state index contributed by atoms with van der Waals surface area (Å²) >= 11 is 0. The molecule has 0 saturated heterocycles. The number of hydrogen-bond acceptors (Lipinski definition) is 4. The van der Waals surface area contributed by atoms with E-state index in [1.165, 1.54) is 0 Å². The molecule has 0 spiro atoms. The van der Waals surface area contributed by atoms with E-state index in [0.29, 0.717) is 16.7 Å². The van der Waals surface area contributed by atoms with E-state index < -0.39 is 22.0 Å². The van der Waals surface area contributed by atoms with Crippen LogP contribution in [0.15, 0.2) is 41.4 Å². The van der Waals surface area contributed by atoms with Gasteiger partial charge >= 0.3 is 0 Å². The van der Waals surface area contributed by atoms with E-state index in [1.54, 1.807) is 20.0 Å². The van der Waals surface area contributed by atoms with Gasteiger partial charge in [-0.2, -0.15) is 0 Å². The standard InChI is InChI=1S/C21H24N2O4S/c1-12-9-13(2)15(4)20(14(12)3)28(26,27)23-19(21(24)25)10-16-11-22-18-8-6-5-7-17(16)18/h5-9,11,19,22-23H,10H2,1-4H3,(H,24,25)/p-1/t19-/m0/s1. The van der Waals surface area contributed by atoms with E-state index in [2.05, 4.69) is 9.71 Å². The summed E-state index contributed by atoms with van der Waals surface area (Å²) in [6.07, 6.45) is 1.68. The van der Waals surface area contributed by atoms with E-state index >= 15 is 0 Å². The van der Waals surface area contributed by atoms with Crippen LogP contribution in [-0.2, 0) is 21.2 Å². The van der Waals surface area contributed by atoms with E-state index in [1.807, 2.05) is 44.2 Å². The largest absolute Gasteiger partial charge is 0.548 e. The van der Waals surface area contributed by atoms with Gasteiger partial charge in [-0.05, 0) is 68.0 Å². The minimum absolute atomic E-state index is 0.0194. The molecule has 0 aliphatic heterocycles. The van der Waals surface area contributed by atoms with Gasteiger partial charge in [0, 0.05) is 17.1 Å². The number of rotatable bonds is 6. The van der Waals surface area contributed by atoms with Crippen LogP contribution >= 0.6 is 0 Å². The number of aryl methyl sites for hydroxylation is 2. The number of sulfonamides is 1. The van der Waals surface area contributed by atoms with Gasteiger partial charge in [0.1, 0.15) is 0 Å². The summed E-state index contributed by atoms with van der Waals surface area (Å²) in [5.74, 6) is -1.46. The van der Waals surface area contributed by atoms with E-state index in [0.717, 1.165) is 22.0 Å². The Balaban J connectivity index is 1.98. The number of aromatic nitrogens is 1. The van der Waals surface area contributed by atoms with Gasteiger partial charge < -0.3 is 14.9 Å². The molecule has 148 valence electrons. The Morgan fingerprint density at radius 3 is 2.32 bits per heavy atom. The Labute approximate surface area is 164 Å². The molecule has 0 aliphatic rings. The Morgan fingerprint density at radius 2 is 1.71 bits per heavy atom. The van der Waals surface area contributed by atoms with Gasteiger partial charge in [0.05, 0.1) is 16.9 Å². The first kappa shape index (κ1) is 20.1. The molecule has 2 aromatic carbocycles. The minimum atomic E-state index is -4.05. The topological polar surface area (TPSA) is 102 Å². The molecule has 3 aromatic rings. The first-order valence-electron chi connectivity index (χ1n) is 8.97. The molecule has 3 rings (SSSR count). The average Bonchev–Trinajstić information content (AvgIpc) is 3.02. The number of carboxylic acids is 1. The lowest BCUT2D eigenvalue weighted by atomic mass is 10.0. The maximum atomic E-state index is 13.1. The number of carbonyl (C=O) groups excluding carboxylic acids is 1. The Hall–Kier alpha value is -2.64. The molecule has 7 heteroatoms. The van der Waals surface area contributed by atoms with E-state index in [4.69, 9.17) is 0 Å². The zero-order valence-corrected chi connectivity index (χ0v) is 17.1. The van der Waals surface area contributed by atoms with Crippen LogP contribution in [0.25, 0.3) is 10.9 Å². The summed E-state index contributed by atoms with van der Waals surface area (Å²) in [6, 6.07) is 7.99. The lowest BCUT2D eigenvalue weighted by Gasteiger charge is -2.22. The third kappa shape index (κ3) is 3.68. The predicted octanol–water partition coefficient (Wildman–Crippen LogP) is 2.04. The molecule has 28 heavy (non-hydrogen) atoms. The number of carboxylic acid groups (broad SMARTS) is 1. The van der Waals surface area contributed by atoms with Crippen molar-refractivity contribution in [1.82, 2.24) is 9.71 Å². The molecule has 6 nitrogen and oxygen atoms in total. The second kappa shape index (κ2) is 7.41. The molecule has 1 atom stereocenters. The van der Waals surface area contributed by atoms with Crippen LogP contribution in [0.1, 0.15) is 27.8 Å². The fourth-order valence-electron chi connectivity index (χ4n) is 3.52. The SMILES string of the molecule is Cc1cc(C)c(C)c(S(=O)(=O)N[C@@H](Cc2c[nH]c3ccccc23)C(=O)[O-])c1C. The first-order chi connectivity index (χ1) is 13.1. The average molecular weight is 399 g/mol. The van der Waals surface area contributed by atoms with Crippen LogP contribution in [0.4, 0.5) is 0 Å². The van der Waals surface area contributed by atoms with Crippen LogP contribution in [0.5, 0.6) is 0 Å². The predicted molar refractivity (Wildman–Crippen MR) is 107 cm³/mol. The second-order valence-electron chi connectivity index (χ2n) is 7.15. The highest BCUT2D eigenvalue weighted by molar-refractivity contribution is 7.89. The van der Waals surface area contributed by atoms with Gasteiger partial charge in [-0.1, -0.05) is 24.3 Å². The van der Waals surface area contributed by atoms with Crippen molar-refractivity contribution in [2.45, 2.75) is 45.1 Å². The lowest BCUT2D eigenvalue weighted by molar-refractivity contribution is -0.307. The van der Waals surface area contributed by atoms with Gasteiger partial charge in [-0.25, -0.2) is 13.1 Å². The van der Waals surface area contributed by atoms with Crippen LogP contribution in [0, 0.1) is 27.7 Å². The molecule has 0 bridgehead atoms. The van der Waals surface area contributed by atoms with Crippen molar-refractivity contribution in [3.63, 3.8) is 0 Å². The highest BCUT2D eigenvalue weighted by Gasteiger charge is 2.26. The minimum Gasteiger partial charge on any atom is -0.548 e. The summed E-state index contributed by atoms with van der Waals surface area (Å²) in [5.41, 5.74) is 4.47. The van der Waals surface area contributed by atoms with Crippen molar-refractivity contribution in [1.29, 1.82) is 0 Å². The molecule has 2 N–H and O–H groups in total. The zero-order valence-electron chi connectivity index (χ0n) is 16.3. The van der Waals surface area contributed by atoms with Gasteiger partial charge in [-0.15, -0.1) is 0 Å². The number of hydrogen-bond donors (Lipinski definition) is 2. The van der Waals surface area contributed by atoms with Crippen LogP contribution in [-0.4, -0.2) is 25.4 Å². The second-order valence-corrected chi connectivity index (χ2v) is 8.80. The van der Waals surface area contributed by atoms with Crippen molar-refractivity contribution in [2.75, 3.05) is 0 Å². The molecule has 0 unspecified atom stereocenters. The molecule has 0 saturated carbocycles. The molecular formula is C21H23N2O4S-. The summed E-state index contributed by atoms with van der Waals surface area (Å²) < 4.78 is 28.5. The van der Waals surface area contributed by atoms with Gasteiger partial charge in [0.2, 0.25) is 10.0 Å². The van der Waals surface area contributed by atoms with Crippen molar-refractivity contribution < 1.29 is 18.3 Å². The van der Waals surface area contributed by atoms with Crippen molar-refractivity contribution >= 4 is 26.9 Å². The van der Waals surface area contributed by atoms with E-state index in [9.17, 15) is 18.3 Å². The maximum absolute atomic E-state index is 13.1. The zero-order chi connectivity index (χ0) is 20.6. The van der Waals surface area contributed by atoms with E-state index in [-0.39, 0.29) is 11.3 Å².